The third-order valence-electron chi connectivity index (χ3n) is 2.55. The summed E-state index contributed by atoms with van der Waals surface area (Å²) in [7, 11) is 0. The smallest absolute Gasteiger partial charge is 0.283 e. The van der Waals surface area contributed by atoms with Gasteiger partial charge in [-0.1, -0.05) is 18.2 Å². The minimum absolute atomic E-state index is 0.144. The van der Waals surface area contributed by atoms with Gasteiger partial charge in [0.1, 0.15) is 12.7 Å². The summed E-state index contributed by atoms with van der Waals surface area (Å²) in [6.07, 6.45) is 0.144. The molecule has 1 fully saturated rings. The summed E-state index contributed by atoms with van der Waals surface area (Å²) in [6.45, 7) is 1.15. The third-order valence-corrected chi connectivity index (χ3v) is 2.55. The topological polar surface area (TPSA) is 43.8 Å². The molecule has 1 aromatic heterocycles. The molecule has 1 aliphatic heterocycles. The molecule has 1 atom stereocenters. The molecule has 4 heteroatoms. The van der Waals surface area contributed by atoms with Gasteiger partial charge in [0.2, 0.25) is 0 Å². The molecular formula is C12H11NO3. The summed E-state index contributed by atoms with van der Waals surface area (Å²) in [5.74, 6) is 0. The number of hydrogen-bond donors (Lipinski definition) is 0. The van der Waals surface area contributed by atoms with Crippen molar-refractivity contribution in [2.75, 3.05) is 13.2 Å². The van der Waals surface area contributed by atoms with E-state index in [1.807, 2.05) is 24.3 Å². The van der Waals surface area contributed by atoms with Crippen molar-refractivity contribution in [3.05, 3.63) is 46.8 Å². The fourth-order valence-electron chi connectivity index (χ4n) is 1.62. The van der Waals surface area contributed by atoms with Crippen LogP contribution in [0.25, 0.3) is 10.9 Å². The van der Waals surface area contributed by atoms with E-state index < -0.39 is 0 Å². The van der Waals surface area contributed by atoms with E-state index in [0.29, 0.717) is 6.61 Å². The molecule has 1 aliphatic rings. The van der Waals surface area contributed by atoms with Crippen LogP contribution in [0.2, 0.25) is 0 Å². The standard InChI is InChI=1S/C12H11NO3/c14-12-6-5-9-3-1-2-4-11(9)13(12)16-8-10-7-15-10/h1-6,10H,7-8H2/t10-/m0/s1. The maximum Gasteiger partial charge on any atom is 0.283 e. The van der Waals surface area contributed by atoms with Crippen LogP contribution in [0.1, 0.15) is 0 Å². The van der Waals surface area contributed by atoms with Gasteiger partial charge in [0.15, 0.2) is 0 Å². The Hall–Kier alpha value is -1.81. The molecule has 0 radical (unpaired) electrons. The van der Waals surface area contributed by atoms with Gasteiger partial charge in [-0.25, -0.2) is 0 Å². The number of aromatic nitrogens is 1. The van der Waals surface area contributed by atoms with Crippen molar-refractivity contribution in [1.82, 2.24) is 4.73 Å². The largest absolute Gasteiger partial charge is 0.407 e. The van der Waals surface area contributed by atoms with Crippen LogP contribution in [0.5, 0.6) is 0 Å². The maximum absolute atomic E-state index is 11.7. The Balaban J connectivity index is 2.04. The van der Waals surface area contributed by atoms with E-state index in [1.54, 1.807) is 6.07 Å². The first kappa shape index (κ1) is 9.42. The number of rotatable bonds is 3. The molecule has 2 heterocycles. The van der Waals surface area contributed by atoms with E-state index in [4.69, 9.17) is 9.57 Å². The lowest BCUT2D eigenvalue weighted by molar-refractivity contribution is 0.0972. The second-order valence-corrected chi connectivity index (χ2v) is 3.78. The van der Waals surface area contributed by atoms with Crippen molar-refractivity contribution in [1.29, 1.82) is 0 Å². The van der Waals surface area contributed by atoms with Gasteiger partial charge in [0.25, 0.3) is 5.56 Å². The Morgan fingerprint density at radius 3 is 2.94 bits per heavy atom. The highest BCUT2D eigenvalue weighted by molar-refractivity contribution is 5.78. The Labute approximate surface area is 92.0 Å². The van der Waals surface area contributed by atoms with E-state index in [1.165, 1.54) is 10.8 Å². The van der Waals surface area contributed by atoms with E-state index in [2.05, 4.69) is 0 Å². The van der Waals surface area contributed by atoms with Gasteiger partial charge >= 0.3 is 0 Å². The zero-order valence-corrected chi connectivity index (χ0v) is 8.63. The van der Waals surface area contributed by atoms with Crippen molar-refractivity contribution in [3.63, 3.8) is 0 Å². The average Bonchev–Trinajstić information content (AvgIpc) is 3.12. The Morgan fingerprint density at radius 2 is 2.12 bits per heavy atom. The van der Waals surface area contributed by atoms with Crippen LogP contribution in [0.4, 0.5) is 0 Å². The van der Waals surface area contributed by atoms with Gasteiger partial charge in [-0.2, -0.15) is 0 Å². The lowest BCUT2D eigenvalue weighted by atomic mass is 10.2. The highest BCUT2D eigenvalue weighted by atomic mass is 16.7. The molecule has 0 saturated carbocycles. The first-order chi connectivity index (χ1) is 7.84. The molecule has 0 unspecified atom stereocenters. The van der Waals surface area contributed by atoms with Crippen LogP contribution in [0, 0.1) is 0 Å². The summed E-state index contributed by atoms with van der Waals surface area (Å²) in [4.78, 5) is 17.1. The summed E-state index contributed by atoms with van der Waals surface area (Å²) in [6, 6.07) is 10.9. The zero-order valence-electron chi connectivity index (χ0n) is 8.63. The van der Waals surface area contributed by atoms with E-state index in [0.717, 1.165) is 17.5 Å². The van der Waals surface area contributed by atoms with Gasteiger partial charge in [0.05, 0.1) is 12.1 Å². The molecule has 0 aliphatic carbocycles. The zero-order chi connectivity index (χ0) is 11.0. The fraction of sp³-hybridized carbons (Fsp3) is 0.250. The second kappa shape index (κ2) is 3.64. The quantitative estimate of drug-likeness (QED) is 0.715. The second-order valence-electron chi connectivity index (χ2n) is 3.78. The molecule has 0 bridgehead atoms. The summed E-state index contributed by atoms with van der Waals surface area (Å²) in [5, 5.41) is 0.985. The lowest BCUT2D eigenvalue weighted by Crippen LogP contribution is -2.28. The third kappa shape index (κ3) is 1.67. The van der Waals surface area contributed by atoms with Gasteiger partial charge < -0.3 is 9.57 Å². The number of benzene rings is 1. The number of epoxide rings is 1. The number of pyridine rings is 1. The highest BCUT2D eigenvalue weighted by Crippen LogP contribution is 2.11. The molecule has 2 aromatic rings. The minimum atomic E-state index is -0.153. The van der Waals surface area contributed by atoms with Crippen molar-refractivity contribution in [2.45, 2.75) is 6.10 Å². The average molecular weight is 217 g/mol. The number of ether oxygens (including phenoxy) is 1. The van der Waals surface area contributed by atoms with Gasteiger partial charge in [-0.3, -0.25) is 4.79 Å². The summed E-state index contributed by atoms with van der Waals surface area (Å²) in [5.41, 5.74) is 0.634. The van der Waals surface area contributed by atoms with Gasteiger partial charge in [-0.15, -0.1) is 4.73 Å². The monoisotopic (exact) mass is 217 g/mol. The van der Waals surface area contributed by atoms with Gasteiger partial charge in [-0.05, 0) is 12.1 Å². The first-order valence-electron chi connectivity index (χ1n) is 5.20. The van der Waals surface area contributed by atoms with E-state index >= 15 is 0 Å². The normalized spacial score (nSPS) is 18.6. The molecule has 4 nitrogen and oxygen atoms in total. The number of hydrogen-bond acceptors (Lipinski definition) is 3. The van der Waals surface area contributed by atoms with Crippen molar-refractivity contribution in [3.8, 4) is 0 Å². The Morgan fingerprint density at radius 1 is 1.31 bits per heavy atom. The molecule has 16 heavy (non-hydrogen) atoms. The fourth-order valence-corrected chi connectivity index (χ4v) is 1.62. The number of nitrogens with zero attached hydrogens (tertiary/aromatic N) is 1. The van der Waals surface area contributed by atoms with Gasteiger partial charge in [0, 0.05) is 11.5 Å². The minimum Gasteiger partial charge on any atom is -0.407 e. The molecule has 1 saturated heterocycles. The van der Waals surface area contributed by atoms with Crippen molar-refractivity contribution < 1.29 is 9.57 Å². The number of fused-ring (bicyclic) bond motifs is 1. The van der Waals surface area contributed by atoms with Crippen molar-refractivity contribution >= 4 is 10.9 Å². The number of para-hydroxylation sites is 1. The molecular weight excluding hydrogens is 206 g/mol. The van der Waals surface area contributed by atoms with E-state index in [9.17, 15) is 4.79 Å². The molecule has 0 amide bonds. The van der Waals surface area contributed by atoms with Crippen LogP contribution < -0.4 is 10.4 Å². The predicted octanol–water partition coefficient (Wildman–Crippen LogP) is 0.829. The molecule has 0 N–H and O–H groups in total. The summed E-state index contributed by atoms with van der Waals surface area (Å²) >= 11 is 0. The van der Waals surface area contributed by atoms with Crippen LogP contribution >= 0.6 is 0 Å². The maximum atomic E-state index is 11.7. The lowest BCUT2D eigenvalue weighted by Gasteiger charge is -2.09. The van der Waals surface area contributed by atoms with E-state index in [-0.39, 0.29) is 11.7 Å². The van der Waals surface area contributed by atoms with Crippen LogP contribution in [-0.4, -0.2) is 24.0 Å². The highest BCUT2D eigenvalue weighted by Gasteiger charge is 2.23. The Kier molecular flexibility index (Phi) is 2.15. The molecule has 82 valence electrons. The van der Waals surface area contributed by atoms with Crippen LogP contribution in [0.3, 0.4) is 0 Å². The van der Waals surface area contributed by atoms with Crippen LogP contribution in [0.15, 0.2) is 41.2 Å². The Bertz CT molecular complexity index is 572. The molecule has 0 spiro atoms. The molecule has 3 rings (SSSR count). The van der Waals surface area contributed by atoms with Crippen molar-refractivity contribution in [2.24, 2.45) is 0 Å². The van der Waals surface area contributed by atoms with Crippen LogP contribution in [-0.2, 0) is 4.74 Å². The summed E-state index contributed by atoms with van der Waals surface area (Å²) < 4.78 is 6.37. The first-order valence-corrected chi connectivity index (χ1v) is 5.20. The SMILES string of the molecule is O=c1ccc2ccccc2n1OC[C@@H]1CO1. The predicted molar refractivity (Wildman–Crippen MR) is 59.4 cm³/mol. The molecule has 1 aromatic carbocycles.